The molecule has 1 N–H and O–H groups in total. The quantitative estimate of drug-likeness (QED) is 0.573. The normalized spacial score (nSPS) is 10.9. The molecule has 0 saturated carbocycles. The van der Waals surface area contributed by atoms with Gasteiger partial charge in [0.2, 0.25) is 5.91 Å². The summed E-state index contributed by atoms with van der Waals surface area (Å²) >= 11 is 1.32. The molecule has 136 valence electrons. The fourth-order valence-electron chi connectivity index (χ4n) is 2.69. The average molecular weight is 381 g/mol. The van der Waals surface area contributed by atoms with E-state index in [1.54, 1.807) is 31.4 Å². The number of fused-ring (bicyclic) bond motifs is 1. The maximum Gasteiger partial charge on any atom is 0.420 e. The number of oxazole rings is 1. The first-order valence-electron chi connectivity index (χ1n) is 8.12. The van der Waals surface area contributed by atoms with Crippen LogP contribution in [-0.4, -0.2) is 22.6 Å². The predicted octanol–water partition coefficient (Wildman–Crippen LogP) is 3.37. The van der Waals surface area contributed by atoms with E-state index in [0.29, 0.717) is 16.2 Å². The Morgan fingerprint density at radius 2 is 2.00 bits per heavy atom. The van der Waals surface area contributed by atoms with Gasteiger partial charge in [-0.05, 0) is 36.4 Å². The molecule has 0 unspecified atom stereocenters. The smallest absolute Gasteiger partial charge is 0.420 e. The van der Waals surface area contributed by atoms with E-state index in [1.165, 1.54) is 15.9 Å². The number of aromatic nitrogens is 2. The summed E-state index contributed by atoms with van der Waals surface area (Å²) in [4.78, 5) is 28.7. The number of amides is 1. The maximum absolute atomic E-state index is 12.3. The number of ether oxygens (including phenoxy) is 1. The van der Waals surface area contributed by atoms with Crippen LogP contribution in [0.1, 0.15) is 0 Å². The van der Waals surface area contributed by atoms with Crippen LogP contribution in [0.3, 0.4) is 0 Å². The molecule has 4 rings (SSSR count). The molecule has 2 aromatic carbocycles. The van der Waals surface area contributed by atoms with Crippen LogP contribution >= 0.6 is 11.3 Å². The van der Waals surface area contributed by atoms with E-state index in [9.17, 15) is 9.59 Å². The van der Waals surface area contributed by atoms with Crippen LogP contribution in [0.25, 0.3) is 22.4 Å². The summed E-state index contributed by atoms with van der Waals surface area (Å²) in [5.41, 5.74) is 2.70. The van der Waals surface area contributed by atoms with Crippen LogP contribution < -0.4 is 15.8 Å². The molecule has 2 heterocycles. The Morgan fingerprint density at radius 1 is 1.22 bits per heavy atom. The molecule has 0 saturated heterocycles. The highest BCUT2D eigenvalue weighted by Gasteiger charge is 2.14. The van der Waals surface area contributed by atoms with Crippen LogP contribution in [0.15, 0.2) is 63.1 Å². The molecular weight excluding hydrogens is 366 g/mol. The number of carbonyl (C=O) groups excluding carboxylic acids is 1. The first kappa shape index (κ1) is 17.0. The third-order valence-electron chi connectivity index (χ3n) is 4.01. The van der Waals surface area contributed by atoms with Crippen molar-refractivity contribution >= 4 is 33.5 Å². The van der Waals surface area contributed by atoms with Crippen LogP contribution in [-0.2, 0) is 11.3 Å². The van der Waals surface area contributed by atoms with E-state index in [0.717, 1.165) is 17.0 Å². The minimum absolute atomic E-state index is 0.146. The molecular formula is C19H15N3O4S. The van der Waals surface area contributed by atoms with E-state index in [4.69, 9.17) is 9.15 Å². The Labute approximate surface area is 157 Å². The molecule has 0 aliphatic heterocycles. The van der Waals surface area contributed by atoms with E-state index in [-0.39, 0.29) is 12.5 Å². The van der Waals surface area contributed by atoms with Crippen LogP contribution in [0.4, 0.5) is 5.13 Å². The molecule has 4 aromatic rings. The summed E-state index contributed by atoms with van der Waals surface area (Å²) in [5, 5.41) is 5.05. The Balaban J connectivity index is 1.49. The van der Waals surface area contributed by atoms with Gasteiger partial charge in [0.05, 0.1) is 18.3 Å². The highest BCUT2D eigenvalue weighted by atomic mass is 32.1. The number of para-hydroxylation sites is 2. The van der Waals surface area contributed by atoms with E-state index in [1.807, 2.05) is 29.6 Å². The zero-order valence-electron chi connectivity index (χ0n) is 14.3. The molecule has 0 spiro atoms. The van der Waals surface area contributed by atoms with Gasteiger partial charge in [-0.2, -0.15) is 0 Å². The van der Waals surface area contributed by atoms with E-state index in [2.05, 4.69) is 10.3 Å². The van der Waals surface area contributed by atoms with Crippen molar-refractivity contribution in [3.8, 4) is 17.0 Å². The number of nitrogens with zero attached hydrogens (tertiary/aromatic N) is 2. The van der Waals surface area contributed by atoms with Crippen molar-refractivity contribution in [2.24, 2.45) is 0 Å². The third-order valence-corrected chi connectivity index (χ3v) is 4.77. The highest BCUT2D eigenvalue weighted by Crippen LogP contribution is 2.26. The van der Waals surface area contributed by atoms with Crippen LogP contribution in [0, 0.1) is 0 Å². The Kier molecular flexibility index (Phi) is 4.47. The number of benzene rings is 2. The molecule has 0 fully saturated rings. The zero-order valence-corrected chi connectivity index (χ0v) is 15.2. The number of methoxy groups -OCH3 is 1. The van der Waals surface area contributed by atoms with Gasteiger partial charge in [-0.1, -0.05) is 12.1 Å². The lowest BCUT2D eigenvalue weighted by Crippen LogP contribution is -2.24. The number of carbonyl (C=O) groups is 1. The highest BCUT2D eigenvalue weighted by molar-refractivity contribution is 7.14. The predicted molar refractivity (Wildman–Crippen MR) is 103 cm³/mol. The molecule has 0 atom stereocenters. The lowest BCUT2D eigenvalue weighted by atomic mass is 10.2. The molecule has 1 amide bonds. The third kappa shape index (κ3) is 3.47. The fourth-order valence-corrected chi connectivity index (χ4v) is 3.43. The molecule has 0 bridgehead atoms. The summed E-state index contributed by atoms with van der Waals surface area (Å²) in [7, 11) is 1.61. The van der Waals surface area contributed by atoms with Gasteiger partial charge in [-0.15, -0.1) is 11.3 Å². The SMILES string of the molecule is COc1ccc(-c2csc(NC(=O)Cn3c(=O)oc4ccccc43)n2)cc1. The van der Waals surface area contributed by atoms with Gasteiger partial charge in [0.25, 0.3) is 0 Å². The molecule has 8 heteroatoms. The van der Waals surface area contributed by atoms with Crippen molar-refractivity contribution in [2.45, 2.75) is 6.54 Å². The monoisotopic (exact) mass is 381 g/mol. The number of thiazole rings is 1. The second-order valence-electron chi connectivity index (χ2n) is 5.74. The first-order chi connectivity index (χ1) is 13.1. The molecule has 0 radical (unpaired) electrons. The molecule has 0 aliphatic rings. The minimum atomic E-state index is -0.565. The molecule has 7 nitrogen and oxygen atoms in total. The van der Waals surface area contributed by atoms with Crippen molar-refractivity contribution in [2.75, 3.05) is 12.4 Å². The van der Waals surface area contributed by atoms with Crippen molar-refractivity contribution in [1.29, 1.82) is 0 Å². The molecule has 0 aliphatic carbocycles. The van der Waals surface area contributed by atoms with Gasteiger partial charge in [0.1, 0.15) is 12.3 Å². The van der Waals surface area contributed by atoms with Gasteiger partial charge in [-0.25, -0.2) is 9.78 Å². The lowest BCUT2D eigenvalue weighted by molar-refractivity contribution is -0.116. The number of nitrogens with one attached hydrogen (secondary N) is 1. The fraction of sp³-hybridized carbons (Fsp3) is 0.105. The number of hydrogen-bond donors (Lipinski definition) is 1. The van der Waals surface area contributed by atoms with E-state index >= 15 is 0 Å². The lowest BCUT2D eigenvalue weighted by Gasteiger charge is -2.03. The molecule has 2 aromatic heterocycles. The summed E-state index contributed by atoms with van der Waals surface area (Å²) in [6.07, 6.45) is 0. The summed E-state index contributed by atoms with van der Waals surface area (Å²) in [6.45, 7) is -0.146. The van der Waals surface area contributed by atoms with Crippen molar-refractivity contribution < 1.29 is 13.9 Å². The molecule has 27 heavy (non-hydrogen) atoms. The minimum Gasteiger partial charge on any atom is -0.497 e. The summed E-state index contributed by atoms with van der Waals surface area (Å²) in [6, 6.07) is 14.5. The van der Waals surface area contributed by atoms with Gasteiger partial charge in [0, 0.05) is 10.9 Å². The second-order valence-corrected chi connectivity index (χ2v) is 6.59. The average Bonchev–Trinajstić information content (AvgIpc) is 3.27. The van der Waals surface area contributed by atoms with Crippen LogP contribution in [0.2, 0.25) is 0 Å². The first-order valence-corrected chi connectivity index (χ1v) is 9.00. The topological polar surface area (TPSA) is 86.4 Å². The van der Waals surface area contributed by atoms with Crippen LogP contribution in [0.5, 0.6) is 5.75 Å². The maximum atomic E-state index is 12.3. The van der Waals surface area contributed by atoms with Gasteiger partial charge in [0.15, 0.2) is 10.7 Å². The Hall–Kier alpha value is -3.39. The standard InChI is InChI=1S/C19H15N3O4S/c1-25-13-8-6-12(7-9-13)14-11-27-18(20-14)21-17(23)10-22-15-4-2-3-5-16(15)26-19(22)24/h2-9,11H,10H2,1H3,(H,20,21,23). The van der Waals surface area contributed by atoms with Crippen molar-refractivity contribution in [3.05, 3.63) is 64.5 Å². The summed E-state index contributed by atoms with van der Waals surface area (Å²) < 4.78 is 11.6. The summed E-state index contributed by atoms with van der Waals surface area (Å²) in [5.74, 6) is -0.149. The van der Waals surface area contributed by atoms with Gasteiger partial charge >= 0.3 is 5.76 Å². The van der Waals surface area contributed by atoms with Crippen molar-refractivity contribution in [3.63, 3.8) is 0 Å². The van der Waals surface area contributed by atoms with Gasteiger partial charge < -0.3 is 14.5 Å². The Morgan fingerprint density at radius 3 is 2.78 bits per heavy atom. The van der Waals surface area contributed by atoms with Gasteiger partial charge in [-0.3, -0.25) is 9.36 Å². The number of rotatable bonds is 5. The zero-order chi connectivity index (χ0) is 18.8. The number of hydrogen-bond acceptors (Lipinski definition) is 6. The Bertz CT molecular complexity index is 1160. The van der Waals surface area contributed by atoms with E-state index < -0.39 is 5.76 Å². The second kappa shape index (κ2) is 7.08. The number of anilines is 1. The van der Waals surface area contributed by atoms with Crippen molar-refractivity contribution in [1.82, 2.24) is 9.55 Å². The largest absolute Gasteiger partial charge is 0.497 e.